The summed E-state index contributed by atoms with van der Waals surface area (Å²) in [6.45, 7) is 0. The lowest BCUT2D eigenvalue weighted by molar-refractivity contribution is 0.388. The Hall–Kier alpha value is -0.650. The minimum Gasteiger partial charge on any atom is -0.495 e. The van der Waals surface area contributed by atoms with Gasteiger partial charge in [-0.15, -0.1) is 11.6 Å². The Morgan fingerprint density at radius 2 is 2.00 bits per heavy atom. The smallest absolute Gasteiger partial charge is 0.150 e. The van der Waals surface area contributed by atoms with Gasteiger partial charge in [-0.05, 0) is 18.4 Å². The fourth-order valence-electron chi connectivity index (χ4n) is 2.44. The molecule has 1 aromatic carbocycles. The number of ether oxygens (including phenoxy) is 2. The molecule has 0 N–H and O–H groups in total. The lowest BCUT2D eigenvalue weighted by Gasteiger charge is -2.20. The molecule has 7 heteroatoms. The molecule has 0 aromatic heterocycles. The van der Waals surface area contributed by atoms with E-state index >= 15 is 0 Å². The van der Waals surface area contributed by atoms with Crippen LogP contribution in [-0.4, -0.2) is 34.1 Å². The molecule has 20 heavy (non-hydrogen) atoms. The van der Waals surface area contributed by atoms with Crippen LogP contribution >= 0.6 is 23.2 Å². The van der Waals surface area contributed by atoms with Crippen LogP contribution in [0.3, 0.4) is 0 Å². The summed E-state index contributed by atoms with van der Waals surface area (Å²) in [4.78, 5) is 0. The number of hydrogen-bond donors (Lipinski definition) is 0. The van der Waals surface area contributed by atoms with E-state index in [1.165, 1.54) is 14.2 Å². The van der Waals surface area contributed by atoms with Crippen molar-refractivity contribution in [3.8, 4) is 11.5 Å². The summed E-state index contributed by atoms with van der Waals surface area (Å²) in [5.74, 6) is 1.10. The zero-order chi connectivity index (χ0) is 14.9. The van der Waals surface area contributed by atoms with Crippen LogP contribution in [0.1, 0.15) is 17.4 Å². The highest BCUT2D eigenvalue weighted by Gasteiger charge is 2.35. The fraction of sp³-hybridized carbons (Fsp3) is 0.538. The molecule has 4 nitrogen and oxygen atoms in total. The largest absolute Gasteiger partial charge is 0.495 e. The minimum atomic E-state index is -2.97. The SMILES string of the molecule is COc1ccc(C(Cl)C2CCS(=O)(=O)C2)c(OC)c1Cl. The molecule has 0 saturated carbocycles. The molecule has 1 fully saturated rings. The first kappa shape index (κ1) is 15.7. The Balaban J connectivity index is 2.35. The maximum absolute atomic E-state index is 11.6. The molecule has 1 saturated heterocycles. The zero-order valence-corrected chi connectivity index (χ0v) is 13.6. The summed E-state index contributed by atoms with van der Waals surface area (Å²) in [7, 11) is 0.0411. The van der Waals surface area contributed by atoms with Gasteiger partial charge >= 0.3 is 0 Å². The van der Waals surface area contributed by atoms with E-state index in [1.807, 2.05) is 0 Å². The van der Waals surface area contributed by atoms with Crippen LogP contribution in [0.15, 0.2) is 12.1 Å². The van der Waals surface area contributed by atoms with E-state index in [-0.39, 0.29) is 17.4 Å². The zero-order valence-electron chi connectivity index (χ0n) is 11.2. The highest BCUT2D eigenvalue weighted by atomic mass is 35.5. The Morgan fingerprint density at radius 3 is 2.50 bits per heavy atom. The molecule has 1 aromatic rings. The second kappa shape index (κ2) is 6.00. The van der Waals surface area contributed by atoms with Crippen molar-refractivity contribution in [2.45, 2.75) is 11.8 Å². The van der Waals surface area contributed by atoms with E-state index in [2.05, 4.69) is 0 Å². The number of benzene rings is 1. The van der Waals surface area contributed by atoms with Gasteiger partial charge in [-0.3, -0.25) is 0 Å². The fourth-order valence-corrected chi connectivity index (χ4v) is 5.10. The topological polar surface area (TPSA) is 52.6 Å². The minimum absolute atomic E-state index is 0.105. The Bertz CT molecular complexity index is 601. The van der Waals surface area contributed by atoms with Crippen molar-refractivity contribution >= 4 is 33.0 Å². The molecule has 1 heterocycles. The van der Waals surface area contributed by atoms with Gasteiger partial charge in [0.15, 0.2) is 9.84 Å². The van der Waals surface area contributed by atoms with Crippen molar-refractivity contribution in [2.24, 2.45) is 5.92 Å². The molecule has 1 aliphatic rings. The third kappa shape index (κ3) is 3.00. The summed E-state index contributed by atoms with van der Waals surface area (Å²) in [6.07, 6.45) is 0.559. The molecule has 2 unspecified atom stereocenters. The van der Waals surface area contributed by atoms with Gasteiger partial charge in [0, 0.05) is 5.56 Å². The molecule has 0 bridgehead atoms. The first-order valence-corrected chi connectivity index (χ1v) is 8.78. The van der Waals surface area contributed by atoms with Crippen LogP contribution in [-0.2, 0) is 9.84 Å². The molecule has 2 atom stereocenters. The molecule has 0 radical (unpaired) electrons. The maximum atomic E-state index is 11.6. The maximum Gasteiger partial charge on any atom is 0.150 e. The van der Waals surface area contributed by atoms with E-state index in [0.29, 0.717) is 28.5 Å². The number of sulfone groups is 1. The second-order valence-electron chi connectivity index (χ2n) is 4.77. The van der Waals surface area contributed by atoms with Crippen LogP contribution in [0.5, 0.6) is 11.5 Å². The number of alkyl halides is 1. The predicted molar refractivity (Wildman–Crippen MR) is 79.9 cm³/mol. The first-order valence-electron chi connectivity index (χ1n) is 6.14. The summed E-state index contributed by atoms with van der Waals surface area (Å²) in [5.41, 5.74) is 0.696. The van der Waals surface area contributed by atoms with Crippen LogP contribution < -0.4 is 9.47 Å². The standard InChI is InChI=1S/C13H16Cl2O4S/c1-18-10-4-3-9(13(19-2)12(10)15)11(14)8-5-6-20(16,17)7-8/h3-4,8,11H,5-7H2,1-2H3. The lowest BCUT2D eigenvalue weighted by atomic mass is 9.97. The van der Waals surface area contributed by atoms with Gasteiger partial charge < -0.3 is 9.47 Å². The van der Waals surface area contributed by atoms with Crippen LogP contribution in [0.25, 0.3) is 0 Å². The predicted octanol–water partition coefficient (Wildman–Crippen LogP) is 3.07. The van der Waals surface area contributed by atoms with Crippen molar-refractivity contribution in [3.05, 3.63) is 22.7 Å². The highest BCUT2D eigenvalue weighted by Crippen LogP contribution is 2.45. The van der Waals surface area contributed by atoms with Crippen molar-refractivity contribution in [1.29, 1.82) is 0 Å². The first-order chi connectivity index (χ1) is 9.39. The number of methoxy groups -OCH3 is 2. The van der Waals surface area contributed by atoms with Gasteiger partial charge in [-0.25, -0.2) is 8.42 Å². The van der Waals surface area contributed by atoms with E-state index in [1.54, 1.807) is 12.1 Å². The summed E-state index contributed by atoms with van der Waals surface area (Å²) in [5, 5.41) is -0.107. The highest BCUT2D eigenvalue weighted by molar-refractivity contribution is 7.91. The molecule has 0 amide bonds. The van der Waals surface area contributed by atoms with E-state index in [0.717, 1.165) is 0 Å². The van der Waals surface area contributed by atoms with Crippen molar-refractivity contribution in [3.63, 3.8) is 0 Å². The molecule has 0 aliphatic carbocycles. The Morgan fingerprint density at radius 1 is 1.30 bits per heavy atom. The van der Waals surface area contributed by atoms with Gasteiger partial charge in [0.25, 0.3) is 0 Å². The average molecular weight is 339 g/mol. The van der Waals surface area contributed by atoms with Gasteiger partial charge in [0.05, 0.1) is 31.1 Å². The quantitative estimate of drug-likeness (QED) is 0.791. The van der Waals surface area contributed by atoms with Gasteiger partial charge in [0.1, 0.15) is 16.5 Å². The van der Waals surface area contributed by atoms with Gasteiger partial charge in [-0.2, -0.15) is 0 Å². The monoisotopic (exact) mass is 338 g/mol. The number of hydrogen-bond acceptors (Lipinski definition) is 4. The Labute approximate surface area is 128 Å². The second-order valence-corrected chi connectivity index (χ2v) is 7.85. The molecule has 2 rings (SSSR count). The normalized spacial score (nSPS) is 22.5. The Kier molecular flexibility index (Phi) is 4.72. The van der Waals surface area contributed by atoms with Gasteiger partial charge in [-0.1, -0.05) is 17.7 Å². The number of rotatable bonds is 4. The lowest BCUT2D eigenvalue weighted by Crippen LogP contribution is -2.11. The third-order valence-corrected chi connectivity index (χ3v) is 6.24. The van der Waals surface area contributed by atoms with Crippen molar-refractivity contribution in [1.82, 2.24) is 0 Å². The summed E-state index contributed by atoms with van der Waals surface area (Å²) >= 11 is 12.6. The van der Waals surface area contributed by atoms with E-state index < -0.39 is 15.2 Å². The summed E-state index contributed by atoms with van der Waals surface area (Å²) < 4.78 is 33.6. The molecular weight excluding hydrogens is 323 g/mol. The third-order valence-electron chi connectivity index (χ3n) is 3.49. The average Bonchev–Trinajstić information content (AvgIpc) is 2.78. The molecule has 0 spiro atoms. The van der Waals surface area contributed by atoms with Crippen molar-refractivity contribution < 1.29 is 17.9 Å². The van der Waals surface area contributed by atoms with E-state index in [4.69, 9.17) is 32.7 Å². The van der Waals surface area contributed by atoms with Crippen LogP contribution in [0.2, 0.25) is 5.02 Å². The van der Waals surface area contributed by atoms with Gasteiger partial charge in [0.2, 0.25) is 0 Å². The van der Waals surface area contributed by atoms with E-state index in [9.17, 15) is 8.42 Å². The summed E-state index contributed by atoms with van der Waals surface area (Å²) in [6, 6.07) is 3.48. The van der Waals surface area contributed by atoms with Crippen LogP contribution in [0.4, 0.5) is 0 Å². The molecule has 112 valence electrons. The molecule has 1 aliphatic heterocycles. The van der Waals surface area contributed by atoms with Crippen LogP contribution in [0, 0.1) is 5.92 Å². The van der Waals surface area contributed by atoms with Crippen molar-refractivity contribution in [2.75, 3.05) is 25.7 Å². The number of halogens is 2. The molecular formula is C13H16Cl2O4S.